The number of hydrogen-bond donors (Lipinski definition) is 1. The Morgan fingerprint density at radius 1 is 1.43 bits per heavy atom. The molecule has 0 saturated carbocycles. The maximum Gasteiger partial charge on any atom is 0.405 e. The minimum absolute atomic E-state index is 0.482. The van der Waals surface area contributed by atoms with Crippen molar-refractivity contribution in [2.75, 3.05) is 18.0 Å². The van der Waals surface area contributed by atoms with Gasteiger partial charge in [-0.1, -0.05) is 0 Å². The molecule has 1 aliphatic rings. The number of nitrogens with one attached hydrogen (secondary N) is 1. The van der Waals surface area contributed by atoms with Crippen LogP contribution >= 0.6 is 0 Å². The summed E-state index contributed by atoms with van der Waals surface area (Å²) in [6.07, 6.45) is -0.286. The van der Waals surface area contributed by atoms with Gasteiger partial charge in [0.05, 0.1) is 11.6 Å². The average Bonchev–Trinajstić information content (AvgIpc) is 3.11. The largest absolute Gasteiger partial charge is 0.405 e. The number of carbonyl (C=O) groups is 1. The van der Waals surface area contributed by atoms with Crippen LogP contribution < -0.4 is 10.2 Å². The fraction of sp³-hybridized carbons (Fsp3) is 0.538. The minimum atomic E-state index is -4.43. The van der Waals surface area contributed by atoms with Gasteiger partial charge in [-0.25, -0.2) is 9.97 Å². The topological polar surface area (TPSA) is 75.9 Å². The van der Waals surface area contributed by atoms with Crippen LogP contribution in [0.3, 0.4) is 0 Å². The molecule has 1 unspecified atom stereocenters. The number of fused-ring (bicyclic) bond motifs is 1. The van der Waals surface area contributed by atoms with E-state index in [1.807, 2.05) is 5.32 Å². The fourth-order valence-electron chi connectivity index (χ4n) is 2.78. The molecule has 23 heavy (non-hydrogen) atoms. The number of carbonyl (C=O) groups excluding carboxylic acids is 1. The third-order valence-electron chi connectivity index (χ3n) is 3.80. The first-order chi connectivity index (χ1) is 10.9. The van der Waals surface area contributed by atoms with Gasteiger partial charge in [0, 0.05) is 13.6 Å². The van der Waals surface area contributed by atoms with Crippen LogP contribution in [0.4, 0.5) is 19.0 Å². The average molecular weight is 328 g/mol. The maximum absolute atomic E-state index is 12.3. The van der Waals surface area contributed by atoms with E-state index in [1.165, 1.54) is 6.33 Å². The summed E-state index contributed by atoms with van der Waals surface area (Å²) in [6, 6.07) is -0.671. The van der Waals surface area contributed by atoms with Crippen molar-refractivity contribution in [3.8, 4) is 0 Å². The van der Waals surface area contributed by atoms with Crippen LogP contribution in [0.5, 0.6) is 0 Å². The molecule has 124 valence electrons. The summed E-state index contributed by atoms with van der Waals surface area (Å²) < 4.78 is 38.4. The fourth-order valence-corrected chi connectivity index (χ4v) is 2.78. The Kier molecular flexibility index (Phi) is 3.82. The van der Waals surface area contributed by atoms with Crippen LogP contribution in [0.25, 0.3) is 11.0 Å². The third kappa shape index (κ3) is 3.06. The number of nitrogens with zero attached hydrogens (tertiary/aromatic N) is 5. The first-order valence-electron chi connectivity index (χ1n) is 7.10. The highest BCUT2D eigenvalue weighted by Crippen LogP contribution is 2.29. The van der Waals surface area contributed by atoms with E-state index in [2.05, 4.69) is 15.1 Å². The van der Waals surface area contributed by atoms with Crippen molar-refractivity contribution < 1.29 is 18.0 Å². The molecule has 2 aromatic heterocycles. The van der Waals surface area contributed by atoms with Gasteiger partial charge in [0.2, 0.25) is 5.91 Å². The third-order valence-corrected chi connectivity index (χ3v) is 3.80. The SMILES string of the molecule is Cn1ncc2c(N3CCCC3C(=O)NCC(F)(F)F)ncnc21. The van der Waals surface area contributed by atoms with Crippen molar-refractivity contribution in [3.63, 3.8) is 0 Å². The molecule has 1 aliphatic heterocycles. The second-order valence-electron chi connectivity index (χ2n) is 5.39. The molecule has 10 heteroatoms. The van der Waals surface area contributed by atoms with E-state index >= 15 is 0 Å². The molecular formula is C13H15F3N6O. The monoisotopic (exact) mass is 328 g/mol. The summed E-state index contributed by atoms with van der Waals surface area (Å²) >= 11 is 0. The molecule has 1 fully saturated rings. The van der Waals surface area contributed by atoms with Gasteiger partial charge in [-0.05, 0) is 12.8 Å². The Balaban J connectivity index is 1.85. The van der Waals surface area contributed by atoms with E-state index in [1.54, 1.807) is 22.8 Å². The molecule has 2 aromatic rings. The smallest absolute Gasteiger partial charge is 0.345 e. The predicted molar refractivity (Wildman–Crippen MR) is 75.7 cm³/mol. The molecule has 0 radical (unpaired) electrons. The lowest BCUT2D eigenvalue weighted by Crippen LogP contribution is -2.46. The van der Waals surface area contributed by atoms with Crippen LogP contribution in [-0.4, -0.2) is 51.0 Å². The van der Waals surface area contributed by atoms with Crippen LogP contribution in [0.1, 0.15) is 12.8 Å². The summed E-state index contributed by atoms with van der Waals surface area (Å²) in [6.45, 7) is -0.784. The van der Waals surface area contributed by atoms with Crippen molar-refractivity contribution in [3.05, 3.63) is 12.5 Å². The van der Waals surface area contributed by atoms with Crippen molar-refractivity contribution in [2.45, 2.75) is 25.1 Å². The lowest BCUT2D eigenvalue weighted by Gasteiger charge is -2.25. The zero-order chi connectivity index (χ0) is 16.6. The molecule has 0 aliphatic carbocycles. The van der Waals surface area contributed by atoms with E-state index in [9.17, 15) is 18.0 Å². The van der Waals surface area contributed by atoms with Gasteiger partial charge in [0.15, 0.2) is 5.65 Å². The van der Waals surface area contributed by atoms with Gasteiger partial charge in [-0.3, -0.25) is 9.48 Å². The lowest BCUT2D eigenvalue weighted by atomic mass is 10.2. The standard InChI is InChI=1S/C13H15F3N6O/c1-21-10-8(5-20-21)11(19-7-18-10)22-4-2-3-9(22)12(23)17-6-13(14,15)16/h5,7,9H,2-4,6H2,1H3,(H,17,23). The normalized spacial score (nSPS) is 18.6. The summed E-state index contributed by atoms with van der Waals surface area (Å²) in [5.74, 6) is -0.122. The number of alkyl halides is 3. The molecule has 1 atom stereocenters. The van der Waals surface area contributed by atoms with Crippen LogP contribution in [0.15, 0.2) is 12.5 Å². The molecule has 0 spiro atoms. The van der Waals surface area contributed by atoms with Gasteiger partial charge in [0.25, 0.3) is 0 Å². The minimum Gasteiger partial charge on any atom is -0.345 e. The van der Waals surface area contributed by atoms with E-state index in [4.69, 9.17) is 0 Å². The molecule has 1 amide bonds. The number of halogens is 3. The van der Waals surface area contributed by atoms with Crippen LogP contribution in [0.2, 0.25) is 0 Å². The quantitative estimate of drug-likeness (QED) is 0.910. The zero-order valence-corrected chi connectivity index (χ0v) is 12.3. The predicted octanol–water partition coefficient (Wildman–Crippen LogP) is 1.01. The lowest BCUT2D eigenvalue weighted by molar-refractivity contribution is -0.139. The Bertz CT molecular complexity index is 728. The van der Waals surface area contributed by atoms with Gasteiger partial charge in [0.1, 0.15) is 24.7 Å². The Morgan fingerprint density at radius 2 is 2.22 bits per heavy atom. The van der Waals surface area contributed by atoms with E-state index in [0.717, 1.165) is 0 Å². The Morgan fingerprint density at radius 3 is 2.96 bits per heavy atom. The van der Waals surface area contributed by atoms with Gasteiger partial charge in [-0.2, -0.15) is 18.3 Å². The second kappa shape index (κ2) is 5.67. The molecule has 3 heterocycles. The number of rotatable bonds is 3. The molecule has 1 N–H and O–H groups in total. The molecule has 0 aromatic carbocycles. The second-order valence-corrected chi connectivity index (χ2v) is 5.39. The highest BCUT2D eigenvalue weighted by atomic mass is 19.4. The number of anilines is 1. The van der Waals surface area contributed by atoms with Crippen molar-refractivity contribution in [1.29, 1.82) is 0 Å². The summed E-state index contributed by atoms with van der Waals surface area (Å²) in [4.78, 5) is 22.1. The summed E-state index contributed by atoms with van der Waals surface area (Å²) in [5.41, 5.74) is 0.608. The summed E-state index contributed by atoms with van der Waals surface area (Å²) in [5, 5.41) is 6.72. The molecule has 1 saturated heterocycles. The molecule has 3 rings (SSSR count). The maximum atomic E-state index is 12.3. The number of aromatic nitrogens is 4. The Labute approximate surface area is 129 Å². The highest BCUT2D eigenvalue weighted by molar-refractivity contribution is 5.91. The van der Waals surface area contributed by atoms with Crippen molar-refractivity contribution in [2.24, 2.45) is 7.05 Å². The number of hydrogen-bond acceptors (Lipinski definition) is 5. The van der Waals surface area contributed by atoms with E-state index < -0.39 is 24.7 Å². The van der Waals surface area contributed by atoms with E-state index in [0.29, 0.717) is 36.2 Å². The van der Waals surface area contributed by atoms with Crippen molar-refractivity contribution in [1.82, 2.24) is 25.1 Å². The van der Waals surface area contributed by atoms with Gasteiger partial charge >= 0.3 is 6.18 Å². The van der Waals surface area contributed by atoms with Crippen LogP contribution in [0, 0.1) is 0 Å². The number of amides is 1. The summed E-state index contributed by atoms with van der Waals surface area (Å²) in [7, 11) is 1.73. The van der Waals surface area contributed by atoms with Gasteiger partial charge < -0.3 is 10.2 Å². The highest BCUT2D eigenvalue weighted by Gasteiger charge is 2.35. The number of aryl methyl sites for hydroxylation is 1. The van der Waals surface area contributed by atoms with Crippen molar-refractivity contribution >= 4 is 22.8 Å². The first kappa shape index (κ1) is 15.5. The zero-order valence-electron chi connectivity index (χ0n) is 12.3. The Hall–Kier alpha value is -2.39. The molecule has 0 bridgehead atoms. The van der Waals surface area contributed by atoms with Gasteiger partial charge in [-0.15, -0.1) is 0 Å². The molecule has 7 nitrogen and oxygen atoms in total. The first-order valence-corrected chi connectivity index (χ1v) is 7.10. The van der Waals surface area contributed by atoms with E-state index in [-0.39, 0.29) is 0 Å². The molecular weight excluding hydrogens is 313 g/mol. The van der Waals surface area contributed by atoms with Crippen LogP contribution in [-0.2, 0) is 11.8 Å².